The minimum absolute atomic E-state index is 0.0124. The lowest BCUT2D eigenvalue weighted by atomic mass is 9.61. The summed E-state index contributed by atoms with van der Waals surface area (Å²) in [6.45, 7) is 4.77. The van der Waals surface area contributed by atoms with Gasteiger partial charge in [0, 0.05) is 5.92 Å². The SMILES string of the molecule is CC(=Nc1ccc(CC(=O)O)cc1)C1=C(O)[C@@]2(O)C(=O)c3c(c(C)c4ccc(C)c(O)c4c3O)C[C@H]2[C@@H](N)C1=O. The second-order valence-electron chi connectivity index (χ2n) is 10.4. The van der Waals surface area contributed by atoms with Crippen molar-refractivity contribution >= 4 is 39.7 Å². The Bertz CT molecular complexity index is 1700. The zero-order chi connectivity index (χ0) is 29.3. The molecule has 206 valence electrons. The third-order valence-corrected chi connectivity index (χ3v) is 8.08. The summed E-state index contributed by atoms with van der Waals surface area (Å²) in [5, 5.41) is 54.5. The van der Waals surface area contributed by atoms with Crippen LogP contribution in [0.15, 0.2) is 52.7 Å². The molecule has 40 heavy (non-hydrogen) atoms. The number of aromatic hydroxyl groups is 2. The molecule has 10 heteroatoms. The van der Waals surface area contributed by atoms with Crippen molar-refractivity contribution in [2.24, 2.45) is 16.6 Å². The normalized spacial score (nSPS) is 22.9. The molecule has 0 bridgehead atoms. The van der Waals surface area contributed by atoms with Crippen LogP contribution in [-0.4, -0.2) is 60.4 Å². The fourth-order valence-corrected chi connectivity index (χ4v) is 5.88. The molecule has 0 spiro atoms. The standard InChI is InChI=1S/C30H28N2O8/c1-12-4-9-17-13(2)18-11-19-24(31)27(37)21(14(3)32-16-7-5-15(6-8-16)10-20(33)34)28(38)30(19,40)29(39)23(18)26(36)22(17)25(12)35/h4-9,19,24,35-36,38,40H,10-11,31H2,1-3H3,(H,33,34)/t19-,24+,30+/m0/s1. The van der Waals surface area contributed by atoms with Crippen molar-refractivity contribution in [1.82, 2.24) is 0 Å². The number of hydrogen-bond acceptors (Lipinski definition) is 9. The van der Waals surface area contributed by atoms with Crippen LogP contribution in [0.4, 0.5) is 5.69 Å². The molecule has 0 saturated heterocycles. The Morgan fingerprint density at radius 2 is 1.70 bits per heavy atom. The number of carboxylic acids is 1. The number of aliphatic imine (C=N–C) groups is 1. The van der Waals surface area contributed by atoms with Gasteiger partial charge in [-0.25, -0.2) is 0 Å². The van der Waals surface area contributed by atoms with E-state index < -0.39 is 52.2 Å². The van der Waals surface area contributed by atoms with Crippen LogP contribution in [0.1, 0.15) is 39.5 Å². The first kappa shape index (κ1) is 27.0. The first-order valence-electron chi connectivity index (χ1n) is 12.6. The van der Waals surface area contributed by atoms with Crippen LogP contribution in [0.3, 0.4) is 0 Å². The summed E-state index contributed by atoms with van der Waals surface area (Å²) in [4.78, 5) is 42.6. The van der Waals surface area contributed by atoms with Gasteiger partial charge in [-0.3, -0.25) is 19.4 Å². The lowest BCUT2D eigenvalue weighted by molar-refractivity contribution is -0.136. The molecule has 0 aliphatic heterocycles. The lowest BCUT2D eigenvalue weighted by Crippen LogP contribution is -2.63. The van der Waals surface area contributed by atoms with Crippen LogP contribution >= 0.6 is 0 Å². The molecular weight excluding hydrogens is 516 g/mol. The van der Waals surface area contributed by atoms with Crippen LogP contribution in [0, 0.1) is 19.8 Å². The molecule has 3 atom stereocenters. The maximum Gasteiger partial charge on any atom is 0.307 e. The lowest BCUT2D eigenvalue weighted by Gasteiger charge is -2.45. The van der Waals surface area contributed by atoms with Gasteiger partial charge in [0.2, 0.25) is 5.78 Å². The predicted octanol–water partition coefficient (Wildman–Crippen LogP) is 3.10. The molecule has 10 nitrogen and oxygen atoms in total. The molecule has 0 aromatic heterocycles. The molecule has 0 saturated carbocycles. The van der Waals surface area contributed by atoms with Gasteiger partial charge in [-0.15, -0.1) is 0 Å². The molecule has 0 unspecified atom stereocenters. The largest absolute Gasteiger partial charge is 0.508 e. The van der Waals surface area contributed by atoms with E-state index in [0.717, 1.165) is 0 Å². The van der Waals surface area contributed by atoms with Crippen LogP contribution < -0.4 is 5.73 Å². The van der Waals surface area contributed by atoms with Gasteiger partial charge in [0.25, 0.3) is 0 Å². The van der Waals surface area contributed by atoms with Gasteiger partial charge >= 0.3 is 5.97 Å². The number of phenols is 2. The predicted molar refractivity (Wildman–Crippen MR) is 146 cm³/mol. The van der Waals surface area contributed by atoms with E-state index in [0.29, 0.717) is 33.3 Å². The van der Waals surface area contributed by atoms with E-state index in [1.165, 1.54) is 19.1 Å². The summed E-state index contributed by atoms with van der Waals surface area (Å²) in [6.07, 6.45) is -0.272. The minimum atomic E-state index is -2.63. The van der Waals surface area contributed by atoms with Gasteiger partial charge in [-0.05, 0) is 67.0 Å². The summed E-state index contributed by atoms with van der Waals surface area (Å²) in [7, 11) is 0. The molecule has 0 fully saturated rings. The number of nitrogens with zero attached hydrogens (tertiary/aromatic N) is 1. The molecule has 0 amide bonds. The van der Waals surface area contributed by atoms with Gasteiger partial charge in [0.15, 0.2) is 11.4 Å². The number of carbonyl (C=O) groups is 3. The maximum atomic E-state index is 14.0. The zero-order valence-corrected chi connectivity index (χ0v) is 22.0. The third-order valence-electron chi connectivity index (χ3n) is 8.08. The number of carbonyl (C=O) groups excluding carboxylic acids is 2. The second kappa shape index (κ2) is 9.29. The molecule has 3 aromatic rings. The average Bonchev–Trinajstić information content (AvgIpc) is 2.90. The Morgan fingerprint density at radius 1 is 1.05 bits per heavy atom. The van der Waals surface area contributed by atoms with Gasteiger partial charge in [0.1, 0.15) is 17.3 Å². The topological polar surface area (TPSA) is 191 Å². The molecule has 7 N–H and O–H groups in total. The number of ketones is 2. The Hall–Kier alpha value is -4.54. The highest BCUT2D eigenvalue weighted by atomic mass is 16.4. The molecular formula is C30H28N2O8. The summed E-state index contributed by atoms with van der Waals surface area (Å²) in [6, 6.07) is 8.19. The van der Waals surface area contributed by atoms with Crippen molar-refractivity contribution in [2.45, 2.75) is 45.3 Å². The van der Waals surface area contributed by atoms with Crippen molar-refractivity contribution < 1.29 is 39.9 Å². The summed E-state index contributed by atoms with van der Waals surface area (Å²) >= 11 is 0. The van der Waals surface area contributed by atoms with Crippen molar-refractivity contribution in [2.75, 3.05) is 0 Å². The molecule has 2 aliphatic rings. The van der Waals surface area contributed by atoms with Gasteiger partial charge in [0.05, 0.1) is 40.4 Å². The number of aryl methyl sites for hydroxylation is 2. The van der Waals surface area contributed by atoms with Crippen molar-refractivity contribution in [3.05, 3.63) is 75.5 Å². The van der Waals surface area contributed by atoms with Crippen LogP contribution in [0.25, 0.3) is 10.8 Å². The fourth-order valence-electron chi connectivity index (χ4n) is 5.88. The number of carboxylic acid groups (broad SMARTS) is 1. The molecule has 2 aliphatic carbocycles. The zero-order valence-electron chi connectivity index (χ0n) is 22.0. The number of rotatable bonds is 4. The monoisotopic (exact) mass is 544 g/mol. The number of aliphatic hydroxyl groups is 2. The van der Waals surface area contributed by atoms with Crippen molar-refractivity contribution in [3.8, 4) is 11.5 Å². The quantitative estimate of drug-likeness (QED) is 0.268. The number of aliphatic carboxylic acids is 1. The molecule has 3 aromatic carbocycles. The number of aliphatic hydroxyl groups excluding tert-OH is 1. The number of Topliss-reactive ketones (excluding diaryl/α,β-unsaturated/α-hetero) is 2. The first-order valence-corrected chi connectivity index (χ1v) is 12.6. The van der Waals surface area contributed by atoms with E-state index in [1.807, 2.05) is 0 Å². The van der Waals surface area contributed by atoms with Crippen molar-refractivity contribution in [3.63, 3.8) is 0 Å². The number of fused-ring (bicyclic) bond motifs is 3. The van der Waals surface area contributed by atoms with E-state index in [2.05, 4.69) is 4.99 Å². The van der Waals surface area contributed by atoms with E-state index in [9.17, 15) is 34.8 Å². The highest BCUT2D eigenvalue weighted by Crippen LogP contribution is 2.50. The van der Waals surface area contributed by atoms with Crippen molar-refractivity contribution in [1.29, 1.82) is 0 Å². The second-order valence-corrected chi connectivity index (χ2v) is 10.4. The van der Waals surface area contributed by atoms with Crippen LogP contribution in [0.5, 0.6) is 11.5 Å². The Balaban J connectivity index is 1.67. The third kappa shape index (κ3) is 3.79. The first-order chi connectivity index (χ1) is 18.8. The Labute approximate surface area is 228 Å². The van der Waals surface area contributed by atoms with Gasteiger partial charge in [-0.2, -0.15) is 0 Å². The van der Waals surface area contributed by atoms with E-state index in [4.69, 9.17) is 10.8 Å². The summed E-state index contributed by atoms with van der Waals surface area (Å²) < 4.78 is 0. The number of benzene rings is 3. The minimum Gasteiger partial charge on any atom is -0.508 e. The fraction of sp³-hybridized carbons (Fsp3) is 0.267. The smallest absolute Gasteiger partial charge is 0.307 e. The number of hydrogen-bond donors (Lipinski definition) is 6. The van der Waals surface area contributed by atoms with Gasteiger partial charge < -0.3 is 31.3 Å². The maximum absolute atomic E-state index is 14.0. The highest BCUT2D eigenvalue weighted by Gasteiger charge is 2.60. The summed E-state index contributed by atoms with van der Waals surface area (Å²) in [5.41, 5.74) is 5.31. The van der Waals surface area contributed by atoms with E-state index in [1.54, 1.807) is 38.1 Å². The molecule has 0 radical (unpaired) electrons. The van der Waals surface area contributed by atoms with E-state index >= 15 is 0 Å². The highest BCUT2D eigenvalue weighted by molar-refractivity contribution is 6.27. The average molecular weight is 545 g/mol. The number of phenolic OH excluding ortho intramolecular Hbond substituents is 2. The molecule has 0 heterocycles. The van der Waals surface area contributed by atoms with Crippen LogP contribution in [0.2, 0.25) is 0 Å². The Kier molecular flexibility index (Phi) is 6.28. The Morgan fingerprint density at radius 3 is 2.33 bits per heavy atom. The molecule has 5 rings (SSSR count). The van der Waals surface area contributed by atoms with Crippen LogP contribution in [-0.2, 0) is 22.4 Å². The number of nitrogens with two attached hydrogens (primary N) is 1. The summed E-state index contributed by atoms with van der Waals surface area (Å²) in [5.74, 6) is -5.61. The van der Waals surface area contributed by atoms with Gasteiger partial charge in [-0.1, -0.05) is 24.3 Å². The van der Waals surface area contributed by atoms with E-state index in [-0.39, 0.29) is 35.3 Å².